The summed E-state index contributed by atoms with van der Waals surface area (Å²) in [5.41, 5.74) is 1.54. The Balaban J connectivity index is 1.72. The van der Waals surface area contributed by atoms with Crippen molar-refractivity contribution in [3.05, 3.63) is 40.8 Å². The van der Waals surface area contributed by atoms with Crippen LogP contribution in [0.15, 0.2) is 18.2 Å². The summed E-state index contributed by atoms with van der Waals surface area (Å²) in [6.07, 6.45) is -3.75. The number of rotatable bonds is 3. The predicted octanol–water partition coefficient (Wildman–Crippen LogP) is 2.48. The molecule has 5 nitrogen and oxygen atoms in total. The van der Waals surface area contributed by atoms with Gasteiger partial charge >= 0.3 is 6.18 Å². The zero-order valence-electron chi connectivity index (χ0n) is 10.9. The summed E-state index contributed by atoms with van der Waals surface area (Å²) in [5, 5.41) is 6.99. The van der Waals surface area contributed by atoms with Crippen molar-refractivity contribution in [1.29, 1.82) is 0 Å². The number of hydrogen-bond acceptors (Lipinski definition) is 4. The van der Waals surface area contributed by atoms with E-state index in [1.54, 1.807) is 0 Å². The summed E-state index contributed by atoms with van der Waals surface area (Å²) in [6.45, 7) is 1.11. The smallest absolute Gasteiger partial charge is 0.433 e. The van der Waals surface area contributed by atoms with Crippen molar-refractivity contribution < 1.29 is 22.6 Å². The Bertz CT molecular complexity index is 640. The van der Waals surface area contributed by atoms with E-state index in [2.05, 4.69) is 15.2 Å². The normalized spacial score (nSPS) is 14.8. The van der Waals surface area contributed by atoms with Crippen LogP contribution in [0.4, 0.5) is 13.2 Å². The molecule has 0 aromatic carbocycles. The van der Waals surface area contributed by atoms with E-state index in [4.69, 9.17) is 9.47 Å². The molecular weight excluding hydrogens is 287 g/mol. The maximum Gasteiger partial charge on any atom is 0.433 e. The van der Waals surface area contributed by atoms with Crippen molar-refractivity contribution in [3.63, 3.8) is 0 Å². The summed E-state index contributed by atoms with van der Waals surface area (Å²) < 4.78 is 48.3. The SMILES string of the molecule is FC(F)(F)c1cccc(OCc2n[nH]c3c2COCC3)n1. The van der Waals surface area contributed by atoms with E-state index in [0.29, 0.717) is 18.9 Å². The van der Waals surface area contributed by atoms with Crippen LogP contribution in [0, 0.1) is 0 Å². The number of halogens is 3. The lowest BCUT2D eigenvalue weighted by Crippen LogP contribution is -2.11. The highest BCUT2D eigenvalue weighted by Crippen LogP contribution is 2.28. The number of H-pyrrole nitrogens is 1. The number of fused-ring (bicyclic) bond motifs is 1. The van der Waals surface area contributed by atoms with Gasteiger partial charge in [0.1, 0.15) is 18.0 Å². The largest absolute Gasteiger partial charge is 0.471 e. The number of aromatic amines is 1. The molecule has 21 heavy (non-hydrogen) atoms. The molecule has 2 aromatic rings. The molecule has 0 bridgehead atoms. The monoisotopic (exact) mass is 299 g/mol. The standard InChI is InChI=1S/C13H12F3N3O2/c14-13(15,16)11-2-1-3-12(17-11)21-7-10-8-6-20-5-4-9(8)18-19-10/h1-3H,4-7H2,(H,18,19). The molecule has 0 saturated carbocycles. The molecule has 2 aromatic heterocycles. The number of pyridine rings is 1. The first kappa shape index (κ1) is 13.9. The molecule has 0 radical (unpaired) electrons. The van der Waals surface area contributed by atoms with E-state index in [0.717, 1.165) is 23.7 Å². The summed E-state index contributed by atoms with van der Waals surface area (Å²) in [6, 6.07) is 3.54. The van der Waals surface area contributed by atoms with Crippen molar-refractivity contribution in [2.75, 3.05) is 6.61 Å². The van der Waals surface area contributed by atoms with Gasteiger partial charge in [-0.15, -0.1) is 0 Å². The molecule has 0 spiro atoms. The summed E-state index contributed by atoms with van der Waals surface area (Å²) in [7, 11) is 0. The Kier molecular flexibility index (Phi) is 3.54. The fourth-order valence-electron chi connectivity index (χ4n) is 2.08. The first-order valence-electron chi connectivity index (χ1n) is 6.34. The van der Waals surface area contributed by atoms with E-state index in [1.165, 1.54) is 12.1 Å². The highest BCUT2D eigenvalue weighted by molar-refractivity contribution is 5.26. The Morgan fingerprint density at radius 3 is 3.00 bits per heavy atom. The van der Waals surface area contributed by atoms with Gasteiger partial charge in [0.25, 0.3) is 0 Å². The van der Waals surface area contributed by atoms with Crippen LogP contribution in [0.2, 0.25) is 0 Å². The van der Waals surface area contributed by atoms with Crippen LogP contribution in [0.1, 0.15) is 22.6 Å². The van der Waals surface area contributed by atoms with Crippen molar-refractivity contribution in [1.82, 2.24) is 15.2 Å². The van der Waals surface area contributed by atoms with Gasteiger partial charge in [-0.25, -0.2) is 4.98 Å². The van der Waals surface area contributed by atoms with Gasteiger partial charge in [0.15, 0.2) is 0 Å². The van der Waals surface area contributed by atoms with Gasteiger partial charge < -0.3 is 9.47 Å². The highest BCUT2D eigenvalue weighted by Gasteiger charge is 2.32. The van der Waals surface area contributed by atoms with Gasteiger partial charge in [0.05, 0.1) is 13.2 Å². The Morgan fingerprint density at radius 2 is 2.19 bits per heavy atom. The molecule has 1 aliphatic heterocycles. The molecule has 3 heterocycles. The summed E-state index contributed by atoms with van der Waals surface area (Å²) in [4.78, 5) is 3.44. The summed E-state index contributed by atoms with van der Waals surface area (Å²) >= 11 is 0. The maximum atomic E-state index is 12.6. The zero-order valence-corrected chi connectivity index (χ0v) is 10.9. The predicted molar refractivity (Wildman–Crippen MR) is 65.5 cm³/mol. The average molecular weight is 299 g/mol. The van der Waals surface area contributed by atoms with E-state index < -0.39 is 11.9 Å². The first-order valence-corrected chi connectivity index (χ1v) is 6.34. The quantitative estimate of drug-likeness (QED) is 0.946. The van der Waals surface area contributed by atoms with E-state index in [1.807, 2.05) is 0 Å². The Morgan fingerprint density at radius 1 is 1.33 bits per heavy atom. The molecule has 0 aliphatic carbocycles. The molecule has 3 rings (SSSR count). The molecule has 0 fully saturated rings. The third-order valence-electron chi connectivity index (χ3n) is 3.15. The molecule has 0 unspecified atom stereocenters. The lowest BCUT2D eigenvalue weighted by molar-refractivity contribution is -0.141. The van der Waals surface area contributed by atoms with Crippen molar-refractivity contribution >= 4 is 0 Å². The Hall–Kier alpha value is -2.09. The topological polar surface area (TPSA) is 60.0 Å². The van der Waals surface area contributed by atoms with Crippen LogP contribution in [0.3, 0.4) is 0 Å². The zero-order chi connectivity index (χ0) is 14.9. The van der Waals surface area contributed by atoms with Crippen molar-refractivity contribution in [2.24, 2.45) is 0 Å². The van der Waals surface area contributed by atoms with E-state index in [-0.39, 0.29) is 12.5 Å². The second kappa shape index (κ2) is 5.36. The minimum atomic E-state index is -4.49. The van der Waals surface area contributed by atoms with E-state index in [9.17, 15) is 13.2 Å². The first-order chi connectivity index (χ1) is 10.0. The molecule has 0 amide bonds. The number of aromatic nitrogens is 3. The molecule has 0 atom stereocenters. The fraction of sp³-hybridized carbons (Fsp3) is 0.385. The van der Waals surface area contributed by atoms with Gasteiger partial charge in [0.2, 0.25) is 5.88 Å². The molecular formula is C13H12F3N3O2. The van der Waals surface area contributed by atoms with Crippen LogP contribution < -0.4 is 4.74 Å². The van der Waals surface area contributed by atoms with Gasteiger partial charge in [-0.2, -0.15) is 18.3 Å². The average Bonchev–Trinajstić information content (AvgIpc) is 2.88. The third kappa shape index (κ3) is 2.99. The molecule has 1 aliphatic rings. The van der Waals surface area contributed by atoms with Crippen LogP contribution in [-0.4, -0.2) is 21.8 Å². The second-order valence-corrected chi connectivity index (χ2v) is 4.58. The van der Waals surface area contributed by atoms with Crippen molar-refractivity contribution in [2.45, 2.75) is 25.8 Å². The van der Waals surface area contributed by atoms with Gasteiger partial charge in [0, 0.05) is 23.7 Å². The minimum Gasteiger partial charge on any atom is -0.471 e. The highest BCUT2D eigenvalue weighted by atomic mass is 19.4. The van der Waals surface area contributed by atoms with Crippen LogP contribution in [-0.2, 0) is 30.5 Å². The minimum absolute atomic E-state index is 0.0451. The number of ether oxygens (including phenoxy) is 2. The summed E-state index contributed by atoms with van der Waals surface area (Å²) in [5.74, 6) is -0.0849. The van der Waals surface area contributed by atoms with Crippen LogP contribution in [0.5, 0.6) is 5.88 Å². The number of hydrogen-bond donors (Lipinski definition) is 1. The maximum absolute atomic E-state index is 12.6. The molecule has 1 N–H and O–H groups in total. The van der Waals surface area contributed by atoms with Gasteiger partial charge in [-0.3, -0.25) is 5.10 Å². The van der Waals surface area contributed by atoms with Crippen LogP contribution in [0.25, 0.3) is 0 Å². The molecule has 8 heteroatoms. The van der Waals surface area contributed by atoms with Crippen molar-refractivity contribution in [3.8, 4) is 5.88 Å². The Labute approximate surface area is 118 Å². The number of alkyl halides is 3. The van der Waals surface area contributed by atoms with Gasteiger partial charge in [-0.05, 0) is 6.07 Å². The van der Waals surface area contributed by atoms with Crippen LogP contribution >= 0.6 is 0 Å². The molecule has 0 saturated heterocycles. The molecule has 112 valence electrons. The number of nitrogens with zero attached hydrogens (tertiary/aromatic N) is 2. The second-order valence-electron chi connectivity index (χ2n) is 4.58. The lowest BCUT2D eigenvalue weighted by atomic mass is 10.1. The van der Waals surface area contributed by atoms with Gasteiger partial charge in [-0.1, -0.05) is 6.07 Å². The van der Waals surface area contributed by atoms with E-state index >= 15 is 0 Å². The fourth-order valence-corrected chi connectivity index (χ4v) is 2.08. The third-order valence-corrected chi connectivity index (χ3v) is 3.15. The number of nitrogens with one attached hydrogen (secondary N) is 1. The lowest BCUT2D eigenvalue weighted by Gasteiger charge is -2.13.